The van der Waals surface area contributed by atoms with Crippen LogP contribution < -0.4 is 15.8 Å². The molecule has 0 aliphatic carbocycles. The fraction of sp³-hybridized carbons (Fsp3) is 0.312. The van der Waals surface area contributed by atoms with Crippen molar-refractivity contribution < 1.29 is 13.9 Å². The molecule has 1 aromatic heterocycles. The number of nitrogens with one attached hydrogen (secondary N) is 1. The Bertz CT molecular complexity index is 605. The van der Waals surface area contributed by atoms with E-state index in [1.807, 2.05) is 38.1 Å². The topological polar surface area (TPSA) is 77.5 Å². The SMILES string of the molecule is CC(C)Oc1ccccc1CNC(=O)c1coc(CN)c1. The van der Waals surface area contributed by atoms with Gasteiger partial charge in [0.15, 0.2) is 0 Å². The third-order valence-electron chi connectivity index (χ3n) is 2.89. The average Bonchev–Trinajstić information content (AvgIpc) is 2.94. The molecule has 1 amide bonds. The Morgan fingerprint density at radius 1 is 1.38 bits per heavy atom. The third-order valence-corrected chi connectivity index (χ3v) is 2.89. The predicted octanol–water partition coefficient (Wildman–Crippen LogP) is 2.46. The first-order valence-electron chi connectivity index (χ1n) is 6.90. The zero-order valence-electron chi connectivity index (χ0n) is 12.3. The van der Waals surface area contributed by atoms with Gasteiger partial charge in [-0.3, -0.25) is 4.79 Å². The maximum atomic E-state index is 12.0. The molecule has 2 rings (SSSR count). The number of benzene rings is 1. The molecule has 0 bridgehead atoms. The summed E-state index contributed by atoms with van der Waals surface area (Å²) in [5.41, 5.74) is 6.86. The lowest BCUT2D eigenvalue weighted by atomic mass is 10.2. The molecule has 0 fully saturated rings. The first-order valence-corrected chi connectivity index (χ1v) is 6.90. The molecule has 0 aliphatic heterocycles. The highest BCUT2D eigenvalue weighted by Crippen LogP contribution is 2.19. The Labute approximate surface area is 124 Å². The van der Waals surface area contributed by atoms with Crippen LogP contribution in [-0.2, 0) is 13.1 Å². The van der Waals surface area contributed by atoms with Gasteiger partial charge in [-0.05, 0) is 26.0 Å². The molecule has 112 valence electrons. The van der Waals surface area contributed by atoms with Crippen molar-refractivity contribution in [2.75, 3.05) is 0 Å². The van der Waals surface area contributed by atoms with Crippen LogP contribution >= 0.6 is 0 Å². The second kappa shape index (κ2) is 6.95. The highest BCUT2D eigenvalue weighted by Gasteiger charge is 2.11. The summed E-state index contributed by atoms with van der Waals surface area (Å²) in [5, 5.41) is 2.85. The van der Waals surface area contributed by atoms with Crippen LogP contribution in [0.4, 0.5) is 0 Å². The van der Waals surface area contributed by atoms with Gasteiger partial charge in [-0.2, -0.15) is 0 Å². The summed E-state index contributed by atoms with van der Waals surface area (Å²) in [6, 6.07) is 9.29. The van der Waals surface area contributed by atoms with Crippen molar-refractivity contribution in [1.82, 2.24) is 5.32 Å². The lowest BCUT2D eigenvalue weighted by Crippen LogP contribution is -2.23. The summed E-state index contributed by atoms with van der Waals surface area (Å²) in [5.74, 6) is 1.17. The number of furan rings is 1. The number of ether oxygens (including phenoxy) is 1. The summed E-state index contributed by atoms with van der Waals surface area (Å²) >= 11 is 0. The van der Waals surface area contributed by atoms with Crippen molar-refractivity contribution in [3.63, 3.8) is 0 Å². The standard InChI is InChI=1S/C16H20N2O3/c1-11(2)21-15-6-4-3-5-12(15)9-18-16(19)13-7-14(8-17)20-10-13/h3-7,10-11H,8-9,17H2,1-2H3,(H,18,19). The molecule has 0 unspecified atom stereocenters. The van der Waals surface area contributed by atoms with E-state index in [0.717, 1.165) is 11.3 Å². The van der Waals surface area contributed by atoms with Crippen LogP contribution in [0.5, 0.6) is 5.75 Å². The number of carbonyl (C=O) groups is 1. The van der Waals surface area contributed by atoms with E-state index in [1.165, 1.54) is 6.26 Å². The summed E-state index contributed by atoms with van der Waals surface area (Å²) in [6.45, 7) is 4.60. The number of rotatable bonds is 6. The van der Waals surface area contributed by atoms with Gasteiger partial charge in [0, 0.05) is 12.1 Å². The van der Waals surface area contributed by atoms with Gasteiger partial charge < -0.3 is 20.2 Å². The Morgan fingerprint density at radius 3 is 2.81 bits per heavy atom. The van der Waals surface area contributed by atoms with Gasteiger partial charge in [-0.25, -0.2) is 0 Å². The smallest absolute Gasteiger partial charge is 0.254 e. The molecule has 0 aliphatic rings. The molecule has 5 heteroatoms. The van der Waals surface area contributed by atoms with Gasteiger partial charge in [0.1, 0.15) is 17.8 Å². The minimum absolute atomic E-state index is 0.0860. The zero-order chi connectivity index (χ0) is 15.2. The first-order chi connectivity index (χ1) is 10.1. The molecule has 0 saturated heterocycles. The number of hydrogen-bond donors (Lipinski definition) is 2. The van der Waals surface area contributed by atoms with Crippen LogP contribution in [-0.4, -0.2) is 12.0 Å². The number of nitrogens with two attached hydrogens (primary N) is 1. The lowest BCUT2D eigenvalue weighted by molar-refractivity contribution is 0.0950. The van der Waals surface area contributed by atoms with E-state index < -0.39 is 0 Å². The fourth-order valence-electron chi connectivity index (χ4n) is 1.90. The summed E-state index contributed by atoms with van der Waals surface area (Å²) < 4.78 is 10.9. The Kier molecular flexibility index (Phi) is 5.00. The second-order valence-electron chi connectivity index (χ2n) is 4.96. The van der Waals surface area contributed by atoms with Crippen LogP contribution in [0.1, 0.15) is 35.5 Å². The monoisotopic (exact) mass is 288 g/mol. The van der Waals surface area contributed by atoms with E-state index >= 15 is 0 Å². The van der Waals surface area contributed by atoms with Crippen molar-refractivity contribution in [2.24, 2.45) is 5.73 Å². The van der Waals surface area contributed by atoms with E-state index in [4.69, 9.17) is 14.9 Å². The van der Waals surface area contributed by atoms with Crippen molar-refractivity contribution in [1.29, 1.82) is 0 Å². The molecule has 0 spiro atoms. The van der Waals surface area contributed by atoms with Gasteiger partial charge in [0.05, 0.1) is 18.2 Å². The van der Waals surface area contributed by atoms with Crippen molar-refractivity contribution in [2.45, 2.75) is 33.0 Å². The molecule has 2 aromatic rings. The van der Waals surface area contributed by atoms with Gasteiger partial charge >= 0.3 is 0 Å². The molecule has 1 heterocycles. The number of amides is 1. The molecule has 21 heavy (non-hydrogen) atoms. The van der Waals surface area contributed by atoms with Gasteiger partial charge in [0.25, 0.3) is 5.91 Å². The Morgan fingerprint density at radius 2 is 2.14 bits per heavy atom. The quantitative estimate of drug-likeness (QED) is 0.856. The minimum atomic E-state index is -0.196. The van der Waals surface area contributed by atoms with Crippen molar-refractivity contribution in [3.8, 4) is 5.75 Å². The number of carbonyl (C=O) groups excluding carboxylic acids is 1. The molecule has 1 aromatic carbocycles. The first kappa shape index (κ1) is 15.1. The van der Waals surface area contributed by atoms with Crippen LogP contribution in [0.2, 0.25) is 0 Å². The normalized spacial score (nSPS) is 10.7. The third kappa shape index (κ3) is 4.10. The molecule has 5 nitrogen and oxygen atoms in total. The minimum Gasteiger partial charge on any atom is -0.491 e. The van der Waals surface area contributed by atoms with Crippen LogP contribution in [0.3, 0.4) is 0 Å². The van der Waals surface area contributed by atoms with E-state index in [1.54, 1.807) is 6.07 Å². The van der Waals surface area contributed by atoms with Crippen LogP contribution in [0, 0.1) is 0 Å². The zero-order valence-corrected chi connectivity index (χ0v) is 12.3. The maximum Gasteiger partial charge on any atom is 0.254 e. The van der Waals surface area contributed by atoms with Crippen LogP contribution in [0.25, 0.3) is 0 Å². The van der Waals surface area contributed by atoms with E-state index in [9.17, 15) is 4.79 Å². The fourth-order valence-corrected chi connectivity index (χ4v) is 1.90. The predicted molar refractivity (Wildman–Crippen MR) is 80.0 cm³/mol. The highest BCUT2D eigenvalue weighted by molar-refractivity contribution is 5.93. The van der Waals surface area contributed by atoms with E-state index in [0.29, 0.717) is 17.9 Å². The largest absolute Gasteiger partial charge is 0.491 e. The Balaban J connectivity index is 2.01. The molecule has 0 atom stereocenters. The Hall–Kier alpha value is -2.27. The highest BCUT2D eigenvalue weighted by atomic mass is 16.5. The summed E-state index contributed by atoms with van der Waals surface area (Å²) in [6.07, 6.45) is 1.50. The van der Waals surface area contributed by atoms with Gasteiger partial charge in [-0.15, -0.1) is 0 Å². The molecular weight excluding hydrogens is 268 g/mol. The number of para-hydroxylation sites is 1. The van der Waals surface area contributed by atoms with Gasteiger partial charge in [-0.1, -0.05) is 18.2 Å². The van der Waals surface area contributed by atoms with Crippen molar-refractivity contribution in [3.05, 3.63) is 53.5 Å². The van der Waals surface area contributed by atoms with Crippen molar-refractivity contribution >= 4 is 5.91 Å². The van der Waals surface area contributed by atoms with E-state index in [2.05, 4.69) is 5.32 Å². The van der Waals surface area contributed by atoms with Crippen LogP contribution in [0.15, 0.2) is 41.0 Å². The molecule has 3 N–H and O–H groups in total. The lowest BCUT2D eigenvalue weighted by Gasteiger charge is -2.14. The summed E-state index contributed by atoms with van der Waals surface area (Å²) in [7, 11) is 0. The molecular formula is C16H20N2O3. The molecule has 0 radical (unpaired) electrons. The molecule has 0 saturated carbocycles. The summed E-state index contributed by atoms with van der Waals surface area (Å²) in [4.78, 5) is 12.0. The average molecular weight is 288 g/mol. The maximum absolute atomic E-state index is 12.0. The van der Waals surface area contributed by atoms with E-state index in [-0.39, 0.29) is 18.6 Å². The number of hydrogen-bond acceptors (Lipinski definition) is 4. The van der Waals surface area contributed by atoms with Gasteiger partial charge in [0.2, 0.25) is 0 Å². The second-order valence-corrected chi connectivity index (χ2v) is 4.96.